The van der Waals surface area contributed by atoms with E-state index in [1.807, 2.05) is 29.1 Å². The summed E-state index contributed by atoms with van der Waals surface area (Å²) in [6, 6.07) is 8.20. The highest BCUT2D eigenvalue weighted by Crippen LogP contribution is 2.35. The van der Waals surface area contributed by atoms with Gasteiger partial charge in [0.2, 0.25) is 5.88 Å². The number of aryl methyl sites for hydroxylation is 2. The van der Waals surface area contributed by atoms with Crippen LogP contribution in [0.15, 0.2) is 42.0 Å². The number of nitrogens with zero attached hydrogens (tertiary/aromatic N) is 4. The molecule has 1 aliphatic heterocycles. The van der Waals surface area contributed by atoms with Crippen molar-refractivity contribution in [3.63, 3.8) is 0 Å². The molecular weight excluding hydrogens is 360 g/mol. The van der Waals surface area contributed by atoms with Gasteiger partial charge in [-0.05, 0) is 29.6 Å². The summed E-state index contributed by atoms with van der Waals surface area (Å²) in [5, 5.41) is 13.7. The summed E-state index contributed by atoms with van der Waals surface area (Å²) in [4.78, 5) is 11.4. The van der Waals surface area contributed by atoms with Crippen molar-refractivity contribution in [3.8, 4) is 5.88 Å². The molecule has 1 saturated heterocycles. The Balaban J connectivity index is 1.44. The molecule has 5 rings (SSSR count). The molecule has 0 radical (unpaired) electrons. The van der Waals surface area contributed by atoms with E-state index in [0.29, 0.717) is 19.8 Å². The third-order valence-electron chi connectivity index (χ3n) is 5.06. The number of aromatic nitrogens is 3. The number of ether oxygens (including phenoxy) is 1. The highest BCUT2D eigenvalue weighted by Gasteiger charge is 2.19. The summed E-state index contributed by atoms with van der Waals surface area (Å²) >= 11 is 1.70. The number of fused-ring (bicyclic) bond motifs is 2. The van der Waals surface area contributed by atoms with Crippen LogP contribution in [0.2, 0.25) is 0 Å². The molecule has 1 fully saturated rings. The minimum atomic E-state index is 0.274. The number of anilines is 1. The van der Waals surface area contributed by atoms with Crippen molar-refractivity contribution in [2.45, 2.75) is 13.0 Å². The topological polar surface area (TPSA) is 63.4 Å². The maximum atomic E-state index is 10.9. The summed E-state index contributed by atoms with van der Waals surface area (Å²) in [5.41, 5.74) is 3.91. The molecule has 6 nitrogen and oxygen atoms in total. The second kappa shape index (κ2) is 6.83. The average molecular weight is 380 g/mol. The van der Waals surface area contributed by atoms with E-state index in [1.165, 1.54) is 4.70 Å². The monoisotopic (exact) mass is 380 g/mol. The van der Waals surface area contributed by atoms with E-state index >= 15 is 0 Å². The zero-order valence-corrected chi connectivity index (χ0v) is 15.7. The lowest BCUT2D eigenvalue weighted by atomic mass is 10.2. The molecule has 1 aliphatic rings. The number of hydrogen-bond donors (Lipinski definition) is 1. The minimum absolute atomic E-state index is 0.274. The lowest BCUT2D eigenvalue weighted by Crippen LogP contribution is -2.36. The van der Waals surface area contributed by atoms with Gasteiger partial charge in [-0.1, -0.05) is 0 Å². The summed E-state index contributed by atoms with van der Waals surface area (Å²) in [7, 11) is 0. The number of pyridine rings is 2. The zero-order chi connectivity index (χ0) is 18.2. The van der Waals surface area contributed by atoms with Crippen molar-refractivity contribution in [2.75, 3.05) is 31.2 Å². The van der Waals surface area contributed by atoms with Crippen LogP contribution in [0.25, 0.3) is 21.1 Å². The van der Waals surface area contributed by atoms with Crippen molar-refractivity contribution in [2.24, 2.45) is 0 Å². The van der Waals surface area contributed by atoms with Crippen molar-refractivity contribution in [1.82, 2.24) is 14.5 Å². The van der Waals surface area contributed by atoms with Crippen molar-refractivity contribution in [3.05, 3.63) is 47.7 Å². The molecule has 7 heteroatoms. The fraction of sp³-hybridized carbons (Fsp3) is 0.300. The van der Waals surface area contributed by atoms with E-state index < -0.39 is 0 Å². The van der Waals surface area contributed by atoms with Gasteiger partial charge in [0.25, 0.3) is 0 Å². The molecule has 0 atom stereocenters. The Labute approximate surface area is 160 Å². The molecule has 5 heterocycles. The lowest BCUT2D eigenvalue weighted by Gasteiger charge is -2.29. The maximum Gasteiger partial charge on any atom is 0.202 e. The first-order valence-electron chi connectivity index (χ1n) is 9.12. The van der Waals surface area contributed by atoms with Crippen LogP contribution in [0.1, 0.15) is 5.69 Å². The van der Waals surface area contributed by atoms with Crippen molar-refractivity contribution < 1.29 is 9.84 Å². The van der Waals surface area contributed by atoms with Crippen molar-refractivity contribution in [1.29, 1.82) is 0 Å². The fourth-order valence-electron chi connectivity index (χ4n) is 3.65. The molecule has 138 valence electrons. The standard InChI is InChI=1S/C20H20N4O2S/c25-20-19-16(21-6-3-17(19)23-8-10-26-11-9-23)13-24(20)7-4-14-1-2-18-15(22-14)5-12-27-18/h1-3,5-6,12-13,25H,4,7-11H2. The Morgan fingerprint density at radius 2 is 2.00 bits per heavy atom. The van der Waals surface area contributed by atoms with Gasteiger partial charge in [-0.3, -0.25) is 9.97 Å². The lowest BCUT2D eigenvalue weighted by molar-refractivity contribution is 0.123. The Hall–Kier alpha value is -2.64. The molecular formula is C20H20N4O2S. The van der Waals surface area contributed by atoms with Crippen LogP contribution in [0.5, 0.6) is 5.88 Å². The molecule has 0 aliphatic carbocycles. The highest BCUT2D eigenvalue weighted by molar-refractivity contribution is 7.17. The smallest absolute Gasteiger partial charge is 0.202 e. The van der Waals surface area contributed by atoms with Gasteiger partial charge in [-0.25, -0.2) is 0 Å². The van der Waals surface area contributed by atoms with Gasteiger partial charge in [-0.2, -0.15) is 0 Å². The fourth-order valence-corrected chi connectivity index (χ4v) is 4.38. The average Bonchev–Trinajstić information content (AvgIpc) is 3.31. The van der Waals surface area contributed by atoms with Crippen LogP contribution >= 0.6 is 11.3 Å². The molecule has 4 aromatic heterocycles. The van der Waals surface area contributed by atoms with E-state index in [4.69, 9.17) is 9.72 Å². The highest BCUT2D eigenvalue weighted by atomic mass is 32.1. The van der Waals surface area contributed by atoms with Crippen molar-refractivity contribution >= 4 is 38.1 Å². The van der Waals surface area contributed by atoms with Gasteiger partial charge >= 0.3 is 0 Å². The molecule has 1 N–H and O–H groups in total. The summed E-state index contributed by atoms with van der Waals surface area (Å²) in [6.45, 7) is 3.74. The second-order valence-electron chi connectivity index (χ2n) is 6.69. The zero-order valence-electron chi connectivity index (χ0n) is 14.8. The third-order valence-corrected chi connectivity index (χ3v) is 5.93. The first-order valence-corrected chi connectivity index (χ1v) is 10.0. The first kappa shape index (κ1) is 16.5. The van der Waals surface area contributed by atoms with Crippen LogP contribution in [0, 0.1) is 0 Å². The van der Waals surface area contributed by atoms with Gasteiger partial charge in [0.1, 0.15) is 0 Å². The normalized spacial score (nSPS) is 15.0. The molecule has 0 amide bonds. The first-order chi connectivity index (χ1) is 13.3. The Morgan fingerprint density at radius 1 is 1.11 bits per heavy atom. The number of thiophene rings is 1. The van der Waals surface area contributed by atoms with E-state index in [-0.39, 0.29) is 5.88 Å². The Morgan fingerprint density at radius 3 is 2.89 bits per heavy atom. The minimum Gasteiger partial charge on any atom is -0.494 e. The predicted octanol–water partition coefficient (Wildman–Crippen LogP) is 3.43. The maximum absolute atomic E-state index is 10.9. The number of rotatable bonds is 4. The van der Waals surface area contributed by atoms with E-state index in [9.17, 15) is 5.11 Å². The molecule has 0 unspecified atom stereocenters. The molecule has 0 bridgehead atoms. The van der Waals surface area contributed by atoms with Gasteiger partial charge in [-0.15, -0.1) is 11.3 Å². The van der Waals surface area contributed by atoms with Gasteiger partial charge in [0.05, 0.1) is 40.0 Å². The predicted molar refractivity (Wildman–Crippen MR) is 108 cm³/mol. The Bertz CT molecular complexity index is 1100. The molecule has 27 heavy (non-hydrogen) atoms. The molecule has 0 saturated carbocycles. The van der Waals surface area contributed by atoms with E-state index in [2.05, 4.69) is 27.4 Å². The molecule has 0 spiro atoms. The Kier molecular flexibility index (Phi) is 4.18. The number of morpholine rings is 1. The number of aromatic hydroxyl groups is 1. The van der Waals surface area contributed by atoms with Crippen LogP contribution < -0.4 is 4.90 Å². The van der Waals surface area contributed by atoms with Crippen LogP contribution in [-0.4, -0.2) is 45.9 Å². The largest absolute Gasteiger partial charge is 0.494 e. The van der Waals surface area contributed by atoms with Gasteiger partial charge < -0.3 is 19.3 Å². The summed E-state index contributed by atoms with van der Waals surface area (Å²) in [6.07, 6.45) is 4.49. The second-order valence-corrected chi connectivity index (χ2v) is 7.64. The van der Waals surface area contributed by atoms with Gasteiger partial charge in [0.15, 0.2) is 0 Å². The number of hydrogen-bond acceptors (Lipinski definition) is 6. The third kappa shape index (κ3) is 3.02. The quantitative estimate of drug-likeness (QED) is 0.588. The van der Waals surface area contributed by atoms with Crippen LogP contribution in [0.4, 0.5) is 5.69 Å². The summed E-state index contributed by atoms with van der Waals surface area (Å²) < 4.78 is 8.53. The molecule has 0 aromatic carbocycles. The van der Waals surface area contributed by atoms with E-state index in [1.54, 1.807) is 11.3 Å². The SMILES string of the molecule is Oc1c2c(N3CCOCC3)ccnc2cn1CCc1ccc2sccc2n1. The van der Waals surface area contributed by atoms with E-state index in [0.717, 1.165) is 47.3 Å². The van der Waals surface area contributed by atoms with Gasteiger partial charge in [0, 0.05) is 44.1 Å². The van der Waals surface area contributed by atoms with Crippen LogP contribution in [0.3, 0.4) is 0 Å². The molecule has 4 aromatic rings. The van der Waals surface area contributed by atoms with Crippen LogP contribution in [-0.2, 0) is 17.7 Å². The summed E-state index contributed by atoms with van der Waals surface area (Å²) in [5.74, 6) is 0.274.